The number of amides is 2. The Labute approximate surface area is 129 Å². The highest BCUT2D eigenvalue weighted by molar-refractivity contribution is 7.22. The molecule has 0 spiro atoms. The number of rotatable bonds is 2. The number of thiazole rings is 1. The number of carbonyl (C=O) groups is 2. The van der Waals surface area contributed by atoms with Crippen molar-refractivity contribution in [2.24, 2.45) is 0 Å². The molecule has 6 nitrogen and oxygen atoms in total. The monoisotopic (exact) mass is 325 g/mol. The first-order valence-electron chi connectivity index (χ1n) is 6.41. The van der Waals surface area contributed by atoms with Crippen molar-refractivity contribution in [1.82, 2.24) is 9.88 Å². The molecule has 0 saturated carbocycles. The first kappa shape index (κ1) is 14.1. The van der Waals surface area contributed by atoms with Crippen LogP contribution in [-0.2, 0) is 4.79 Å². The predicted octanol–water partition coefficient (Wildman–Crippen LogP) is 3.03. The zero-order valence-electron chi connectivity index (χ0n) is 10.9. The number of carboxylic acids is 1. The van der Waals surface area contributed by atoms with Crippen molar-refractivity contribution in [2.45, 2.75) is 18.9 Å². The Balaban J connectivity index is 1.78. The molecular weight excluding hydrogens is 314 g/mol. The van der Waals surface area contributed by atoms with Gasteiger partial charge in [-0.25, -0.2) is 14.6 Å². The van der Waals surface area contributed by atoms with Gasteiger partial charge >= 0.3 is 12.0 Å². The molecule has 1 fully saturated rings. The maximum absolute atomic E-state index is 12.2. The van der Waals surface area contributed by atoms with Gasteiger partial charge in [0.15, 0.2) is 5.13 Å². The van der Waals surface area contributed by atoms with Crippen LogP contribution >= 0.6 is 22.9 Å². The van der Waals surface area contributed by atoms with Crippen LogP contribution in [0.25, 0.3) is 10.2 Å². The van der Waals surface area contributed by atoms with Crippen LogP contribution in [0.1, 0.15) is 12.8 Å². The molecule has 8 heteroatoms. The third kappa shape index (κ3) is 2.79. The van der Waals surface area contributed by atoms with E-state index in [1.54, 1.807) is 18.2 Å². The molecule has 0 unspecified atom stereocenters. The molecule has 1 aliphatic heterocycles. The number of hydrogen-bond acceptors (Lipinski definition) is 4. The summed E-state index contributed by atoms with van der Waals surface area (Å²) in [5, 5.41) is 12.8. The van der Waals surface area contributed by atoms with E-state index in [0.717, 1.165) is 10.2 Å². The molecular formula is C13H12ClN3O3S. The first-order chi connectivity index (χ1) is 10.0. The Bertz CT molecular complexity index is 718. The van der Waals surface area contributed by atoms with E-state index in [-0.39, 0.29) is 0 Å². The number of benzene rings is 1. The van der Waals surface area contributed by atoms with Gasteiger partial charge in [-0.15, -0.1) is 0 Å². The minimum absolute atomic E-state index is 0.426. The number of anilines is 1. The highest BCUT2D eigenvalue weighted by Gasteiger charge is 2.34. The van der Waals surface area contributed by atoms with Gasteiger partial charge in [-0.05, 0) is 31.0 Å². The number of halogens is 1. The predicted molar refractivity (Wildman–Crippen MR) is 81.0 cm³/mol. The second kappa shape index (κ2) is 5.50. The minimum atomic E-state index is -0.973. The van der Waals surface area contributed by atoms with E-state index >= 15 is 0 Å². The number of hydrogen-bond donors (Lipinski definition) is 2. The summed E-state index contributed by atoms with van der Waals surface area (Å²) in [4.78, 5) is 28.9. The molecule has 110 valence electrons. The summed E-state index contributed by atoms with van der Waals surface area (Å²) in [6, 6.07) is 4.11. The van der Waals surface area contributed by atoms with Crippen molar-refractivity contribution >= 4 is 50.3 Å². The lowest BCUT2D eigenvalue weighted by Crippen LogP contribution is -2.42. The summed E-state index contributed by atoms with van der Waals surface area (Å²) in [5.74, 6) is -0.973. The van der Waals surface area contributed by atoms with Crippen molar-refractivity contribution in [3.05, 3.63) is 23.2 Å². The maximum Gasteiger partial charge on any atom is 0.326 e. The molecule has 3 rings (SSSR count). The fourth-order valence-corrected chi connectivity index (χ4v) is 3.51. The Kier molecular flexibility index (Phi) is 3.69. The average molecular weight is 326 g/mol. The van der Waals surface area contributed by atoms with Gasteiger partial charge in [-0.2, -0.15) is 0 Å². The standard InChI is InChI=1S/C13H12ClN3O3S/c14-7-3-4-8-10(6-7)21-12(15-8)16-13(20)17-5-1-2-9(17)11(18)19/h3-4,6,9H,1-2,5H2,(H,18,19)(H,15,16,20)/t9-/m1/s1. The van der Waals surface area contributed by atoms with Gasteiger partial charge in [0.25, 0.3) is 0 Å². The molecule has 2 aromatic rings. The molecule has 1 aliphatic rings. The van der Waals surface area contributed by atoms with Crippen LogP contribution in [0.5, 0.6) is 0 Å². The molecule has 2 amide bonds. The number of aliphatic carboxylic acids is 1. The number of fused-ring (bicyclic) bond motifs is 1. The second-order valence-corrected chi connectivity index (χ2v) is 6.22. The fourth-order valence-electron chi connectivity index (χ4n) is 2.38. The summed E-state index contributed by atoms with van der Waals surface area (Å²) >= 11 is 7.22. The van der Waals surface area contributed by atoms with Gasteiger partial charge in [0.1, 0.15) is 6.04 Å². The van der Waals surface area contributed by atoms with Crippen LogP contribution in [0.15, 0.2) is 18.2 Å². The van der Waals surface area contributed by atoms with Crippen LogP contribution in [0.3, 0.4) is 0 Å². The molecule has 0 radical (unpaired) electrons. The van der Waals surface area contributed by atoms with Crippen LogP contribution in [0, 0.1) is 0 Å². The zero-order chi connectivity index (χ0) is 15.0. The molecule has 21 heavy (non-hydrogen) atoms. The second-order valence-electron chi connectivity index (χ2n) is 4.75. The fraction of sp³-hybridized carbons (Fsp3) is 0.308. The van der Waals surface area contributed by atoms with E-state index in [0.29, 0.717) is 29.5 Å². The van der Waals surface area contributed by atoms with Crippen molar-refractivity contribution in [3.63, 3.8) is 0 Å². The van der Waals surface area contributed by atoms with Crippen molar-refractivity contribution < 1.29 is 14.7 Å². The molecule has 2 heterocycles. The van der Waals surface area contributed by atoms with E-state index in [4.69, 9.17) is 16.7 Å². The number of likely N-dealkylation sites (tertiary alicyclic amines) is 1. The Morgan fingerprint density at radius 3 is 3.05 bits per heavy atom. The zero-order valence-corrected chi connectivity index (χ0v) is 12.4. The van der Waals surface area contributed by atoms with Gasteiger partial charge < -0.3 is 10.0 Å². The maximum atomic E-state index is 12.2. The number of aromatic nitrogens is 1. The van der Waals surface area contributed by atoms with E-state index < -0.39 is 18.0 Å². The summed E-state index contributed by atoms with van der Waals surface area (Å²) in [7, 11) is 0. The number of nitrogens with zero attached hydrogens (tertiary/aromatic N) is 2. The average Bonchev–Trinajstić information content (AvgIpc) is 3.03. The Morgan fingerprint density at radius 1 is 1.48 bits per heavy atom. The third-order valence-corrected chi connectivity index (χ3v) is 4.53. The summed E-state index contributed by atoms with van der Waals surface area (Å²) in [5.41, 5.74) is 0.746. The van der Waals surface area contributed by atoms with E-state index in [9.17, 15) is 9.59 Å². The minimum Gasteiger partial charge on any atom is -0.480 e. The number of carboxylic acid groups (broad SMARTS) is 1. The third-order valence-electron chi connectivity index (χ3n) is 3.36. The molecule has 0 bridgehead atoms. The smallest absolute Gasteiger partial charge is 0.326 e. The van der Waals surface area contributed by atoms with Gasteiger partial charge in [0.05, 0.1) is 10.2 Å². The SMILES string of the molecule is O=C(O)[C@H]1CCCN1C(=O)Nc1nc2ccc(Cl)cc2s1. The van der Waals surface area contributed by atoms with Crippen LogP contribution in [-0.4, -0.2) is 39.6 Å². The summed E-state index contributed by atoms with van der Waals surface area (Å²) < 4.78 is 0.869. The van der Waals surface area contributed by atoms with E-state index in [2.05, 4.69) is 10.3 Å². The van der Waals surface area contributed by atoms with Crippen molar-refractivity contribution in [1.29, 1.82) is 0 Å². The first-order valence-corrected chi connectivity index (χ1v) is 7.60. The summed E-state index contributed by atoms with van der Waals surface area (Å²) in [6.07, 6.45) is 1.18. The lowest BCUT2D eigenvalue weighted by molar-refractivity contribution is -0.141. The molecule has 1 saturated heterocycles. The van der Waals surface area contributed by atoms with Gasteiger partial charge in [0, 0.05) is 11.6 Å². The van der Waals surface area contributed by atoms with E-state index in [1.807, 2.05) is 0 Å². The Hall–Kier alpha value is -1.86. The quantitative estimate of drug-likeness (QED) is 0.889. The van der Waals surface area contributed by atoms with Gasteiger partial charge in [0.2, 0.25) is 0 Å². The number of urea groups is 1. The van der Waals surface area contributed by atoms with Gasteiger partial charge in [-0.1, -0.05) is 22.9 Å². The van der Waals surface area contributed by atoms with Crippen molar-refractivity contribution in [2.75, 3.05) is 11.9 Å². The Morgan fingerprint density at radius 2 is 2.29 bits per heavy atom. The lowest BCUT2D eigenvalue weighted by atomic mass is 10.2. The highest BCUT2D eigenvalue weighted by atomic mass is 35.5. The molecule has 1 aromatic carbocycles. The van der Waals surface area contributed by atoms with Crippen LogP contribution < -0.4 is 5.32 Å². The lowest BCUT2D eigenvalue weighted by Gasteiger charge is -2.20. The van der Waals surface area contributed by atoms with Crippen molar-refractivity contribution in [3.8, 4) is 0 Å². The topological polar surface area (TPSA) is 82.5 Å². The molecule has 2 N–H and O–H groups in total. The van der Waals surface area contributed by atoms with E-state index in [1.165, 1.54) is 16.2 Å². The largest absolute Gasteiger partial charge is 0.480 e. The molecule has 1 aromatic heterocycles. The normalized spacial score (nSPS) is 18.1. The van der Waals surface area contributed by atoms with Crippen LogP contribution in [0.4, 0.5) is 9.93 Å². The summed E-state index contributed by atoms with van der Waals surface area (Å²) in [6.45, 7) is 0.444. The number of carbonyl (C=O) groups excluding carboxylic acids is 1. The molecule has 1 atom stereocenters. The highest BCUT2D eigenvalue weighted by Crippen LogP contribution is 2.29. The molecule has 0 aliphatic carbocycles. The van der Waals surface area contributed by atoms with Gasteiger partial charge in [-0.3, -0.25) is 5.32 Å². The number of nitrogens with one attached hydrogen (secondary N) is 1. The van der Waals surface area contributed by atoms with Crippen LogP contribution in [0.2, 0.25) is 5.02 Å².